The highest BCUT2D eigenvalue weighted by Crippen LogP contribution is 2.18. The Hall–Kier alpha value is -2.19. The molecular formula is C16H20N4O3S. The van der Waals surface area contributed by atoms with Crippen LogP contribution in [-0.2, 0) is 16.1 Å². The van der Waals surface area contributed by atoms with Crippen LogP contribution in [0.1, 0.15) is 22.6 Å². The monoisotopic (exact) mass is 348 g/mol. The molecule has 128 valence electrons. The van der Waals surface area contributed by atoms with Crippen molar-refractivity contribution in [3.05, 3.63) is 34.2 Å². The molecule has 2 N–H and O–H groups in total. The Balaban J connectivity index is 1.64. The number of aromatic nitrogens is 2. The summed E-state index contributed by atoms with van der Waals surface area (Å²) in [6.45, 7) is 3.28. The van der Waals surface area contributed by atoms with Crippen molar-refractivity contribution in [2.75, 3.05) is 18.4 Å². The Bertz CT molecular complexity index is 739. The Labute approximate surface area is 143 Å². The largest absolute Gasteiger partial charge is 0.391 e. The van der Waals surface area contributed by atoms with Gasteiger partial charge in [0.1, 0.15) is 5.82 Å². The zero-order valence-corrected chi connectivity index (χ0v) is 14.3. The van der Waals surface area contributed by atoms with Crippen LogP contribution in [0, 0.1) is 6.92 Å². The first-order chi connectivity index (χ1) is 11.5. The minimum atomic E-state index is -0.701. The van der Waals surface area contributed by atoms with E-state index in [2.05, 4.69) is 10.4 Å². The maximum atomic E-state index is 12.2. The van der Waals surface area contributed by atoms with Crippen molar-refractivity contribution >= 4 is 29.0 Å². The maximum Gasteiger partial charge on any atom is 0.315 e. The van der Waals surface area contributed by atoms with Crippen molar-refractivity contribution in [2.24, 2.45) is 0 Å². The number of thiophene rings is 1. The maximum absolute atomic E-state index is 12.2. The molecule has 1 aliphatic heterocycles. The van der Waals surface area contributed by atoms with Gasteiger partial charge in [-0.15, -0.1) is 11.3 Å². The highest BCUT2D eigenvalue weighted by Gasteiger charge is 2.27. The first kappa shape index (κ1) is 16.7. The van der Waals surface area contributed by atoms with Gasteiger partial charge < -0.3 is 15.3 Å². The van der Waals surface area contributed by atoms with E-state index in [1.165, 1.54) is 9.78 Å². The zero-order chi connectivity index (χ0) is 17.1. The topological polar surface area (TPSA) is 87.5 Å². The normalized spacial score (nSPS) is 17.8. The summed E-state index contributed by atoms with van der Waals surface area (Å²) in [4.78, 5) is 28.1. The van der Waals surface area contributed by atoms with E-state index in [0.29, 0.717) is 31.7 Å². The zero-order valence-electron chi connectivity index (χ0n) is 13.4. The van der Waals surface area contributed by atoms with Gasteiger partial charge >= 0.3 is 11.8 Å². The molecule has 2 aromatic rings. The molecule has 0 spiro atoms. The first-order valence-corrected chi connectivity index (χ1v) is 8.70. The third-order valence-corrected chi connectivity index (χ3v) is 4.92. The molecule has 0 bridgehead atoms. The summed E-state index contributed by atoms with van der Waals surface area (Å²) in [5, 5.41) is 16.5. The molecule has 3 heterocycles. The highest BCUT2D eigenvalue weighted by molar-refractivity contribution is 7.11. The highest BCUT2D eigenvalue weighted by atomic mass is 32.1. The number of aliphatic hydroxyl groups is 1. The van der Waals surface area contributed by atoms with Crippen molar-refractivity contribution in [2.45, 2.75) is 32.4 Å². The Morgan fingerprint density at radius 1 is 1.42 bits per heavy atom. The average Bonchev–Trinajstić information content (AvgIpc) is 3.16. The summed E-state index contributed by atoms with van der Waals surface area (Å²) in [6.07, 6.45) is 2.41. The van der Waals surface area contributed by atoms with Crippen LogP contribution in [0.5, 0.6) is 0 Å². The minimum absolute atomic E-state index is 0.208. The van der Waals surface area contributed by atoms with E-state index in [-0.39, 0.29) is 6.54 Å². The molecule has 0 aliphatic carbocycles. The van der Waals surface area contributed by atoms with Crippen LogP contribution in [0.3, 0.4) is 0 Å². The number of aliphatic hydroxyl groups excluding tert-OH is 1. The first-order valence-electron chi connectivity index (χ1n) is 7.88. The Morgan fingerprint density at radius 2 is 2.25 bits per heavy atom. The molecule has 8 heteroatoms. The van der Waals surface area contributed by atoms with E-state index in [1.807, 2.05) is 19.1 Å². The Morgan fingerprint density at radius 3 is 2.96 bits per heavy atom. The predicted octanol–water partition coefficient (Wildman–Crippen LogP) is 1.22. The number of β-amino-alcohol motifs (C(OH)–C–C–N with tert-alkyl or cyclic N) is 1. The van der Waals surface area contributed by atoms with E-state index < -0.39 is 17.9 Å². The van der Waals surface area contributed by atoms with E-state index >= 15 is 0 Å². The fourth-order valence-electron chi connectivity index (χ4n) is 2.74. The second-order valence-electron chi connectivity index (χ2n) is 5.89. The van der Waals surface area contributed by atoms with Gasteiger partial charge in [-0.25, -0.2) is 4.68 Å². The molecule has 0 unspecified atom stereocenters. The number of aryl methyl sites for hydroxylation is 1. The Kier molecular flexibility index (Phi) is 4.96. The SMILES string of the molecule is Cc1ccc(Cn2nccc2NC(=O)C(=O)N2CCC[C@H](O)C2)s1. The van der Waals surface area contributed by atoms with Gasteiger partial charge in [0.2, 0.25) is 0 Å². The summed E-state index contributed by atoms with van der Waals surface area (Å²) >= 11 is 1.67. The smallest absolute Gasteiger partial charge is 0.315 e. The average molecular weight is 348 g/mol. The molecule has 1 saturated heterocycles. The number of nitrogens with zero attached hydrogens (tertiary/aromatic N) is 3. The second kappa shape index (κ2) is 7.14. The summed E-state index contributed by atoms with van der Waals surface area (Å²) in [6, 6.07) is 5.72. The van der Waals surface area contributed by atoms with Gasteiger partial charge in [-0.2, -0.15) is 5.10 Å². The van der Waals surface area contributed by atoms with Gasteiger partial charge in [-0.3, -0.25) is 9.59 Å². The van der Waals surface area contributed by atoms with Gasteiger partial charge in [0.15, 0.2) is 0 Å². The van der Waals surface area contributed by atoms with Gasteiger partial charge in [0, 0.05) is 28.9 Å². The van der Waals surface area contributed by atoms with Gasteiger partial charge in [0.05, 0.1) is 18.8 Å². The van der Waals surface area contributed by atoms with Crippen molar-refractivity contribution in [3.8, 4) is 0 Å². The quantitative estimate of drug-likeness (QED) is 0.817. The van der Waals surface area contributed by atoms with Crippen LogP contribution in [0.4, 0.5) is 5.82 Å². The standard InChI is InChI=1S/C16H20N4O3S/c1-11-4-5-13(24-11)10-20-14(6-7-17-20)18-15(22)16(23)19-8-2-3-12(21)9-19/h4-7,12,21H,2-3,8-10H2,1H3,(H,18,22)/t12-/m0/s1. The lowest BCUT2D eigenvalue weighted by atomic mass is 10.1. The van der Waals surface area contributed by atoms with Crippen molar-refractivity contribution < 1.29 is 14.7 Å². The molecule has 7 nitrogen and oxygen atoms in total. The van der Waals surface area contributed by atoms with Crippen LogP contribution in [0.25, 0.3) is 0 Å². The van der Waals surface area contributed by atoms with Crippen molar-refractivity contribution in [1.29, 1.82) is 0 Å². The molecule has 0 aromatic carbocycles. The van der Waals surface area contributed by atoms with E-state index in [9.17, 15) is 14.7 Å². The summed E-state index contributed by atoms with van der Waals surface area (Å²) < 4.78 is 1.65. The fourth-order valence-corrected chi connectivity index (χ4v) is 3.61. The number of hydrogen-bond acceptors (Lipinski definition) is 5. The van der Waals surface area contributed by atoms with Crippen LogP contribution >= 0.6 is 11.3 Å². The minimum Gasteiger partial charge on any atom is -0.391 e. The number of nitrogens with one attached hydrogen (secondary N) is 1. The lowest BCUT2D eigenvalue weighted by molar-refractivity contribution is -0.145. The van der Waals surface area contributed by atoms with Gasteiger partial charge in [-0.05, 0) is 31.9 Å². The lowest BCUT2D eigenvalue weighted by Gasteiger charge is -2.29. The number of anilines is 1. The third kappa shape index (κ3) is 3.82. The number of hydrogen-bond donors (Lipinski definition) is 2. The molecule has 1 fully saturated rings. The number of carbonyl (C=O) groups is 2. The molecule has 24 heavy (non-hydrogen) atoms. The third-order valence-electron chi connectivity index (χ3n) is 3.94. The number of amides is 2. The summed E-state index contributed by atoms with van der Waals surface area (Å²) in [5.41, 5.74) is 0. The molecule has 3 rings (SSSR count). The number of carbonyl (C=O) groups excluding carboxylic acids is 2. The fraction of sp³-hybridized carbons (Fsp3) is 0.438. The number of rotatable bonds is 3. The molecule has 0 radical (unpaired) electrons. The summed E-state index contributed by atoms with van der Waals surface area (Å²) in [5.74, 6) is -0.835. The van der Waals surface area contributed by atoms with Crippen molar-refractivity contribution in [3.63, 3.8) is 0 Å². The molecular weight excluding hydrogens is 328 g/mol. The van der Waals surface area contributed by atoms with Crippen molar-refractivity contribution in [1.82, 2.24) is 14.7 Å². The second-order valence-corrected chi connectivity index (χ2v) is 7.26. The van der Waals surface area contributed by atoms with Gasteiger partial charge in [0.25, 0.3) is 0 Å². The molecule has 2 amide bonds. The van der Waals surface area contributed by atoms with Crippen LogP contribution < -0.4 is 5.32 Å². The van der Waals surface area contributed by atoms with Crippen LogP contribution in [0.15, 0.2) is 24.4 Å². The van der Waals surface area contributed by atoms with E-state index in [0.717, 1.165) is 4.88 Å². The summed E-state index contributed by atoms with van der Waals surface area (Å²) in [7, 11) is 0. The van der Waals surface area contributed by atoms with Crippen LogP contribution in [0.2, 0.25) is 0 Å². The number of piperidine rings is 1. The van der Waals surface area contributed by atoms with E-state index in [4.69, 9.17) is 0 Å². The molecule has 1 aliphatic rings. The van der Waals surface area contributed by atoms with Gasteiger partial charge in [-0.1, -0.05) is 0 Å². The number of likely N-dealkylation sites (tertiary alicyclic amines) is 1. The van der Waals surface area contributed by atoms with Crippen LogP contribution in [-0.4, -0.2) is 50.8 Å². The molecule has 2 aromatic heterocycles. The molecule has 1 atom stereocenters. The van der Waals surface area contributed by atoms with E-state index in [1.54, 1.807) is 28.3 Å². The lowest BCUT2D eigenvalue weighted by Crippen LogP contribution is -2.46. The predicted molar refractivity (Wildman–Crippen MR) is 90.8 cm³/mol. The molecule has 0 saturated carbocycles.